The lowest BCUT2D eigenvalue weighted by atomic mass is 9.75. The third-order valence-electron chi connectivity index (χ3n) is 5.54. The summed E-state index contributed by atoms with van der Waals surface area (Å²) in [4.78, 5) is 12.4. The van der Waals surface area contributed by atoms with Gasteiger partial charge >= 0.3 is 6.18 Å². The van der Waals surface area contributed by atoms with E-state index in [1.165, 1.54) is 18.6 Å². The van der Waals surface area contributed by atoms with E-state index in [1.54, 1.807) is 0 Å². The molecular formula is C19H20F3N3O2. The van der Waals surface area contributed by atoms with Crippen LogP contribution in [0.2, 0.25) is 0 Å². The summed E-state index contributed by atoms with van der Waals surface area (Å²) >= 11 is 0. The van der Waals surface area contributed by atoms with E-state index in [1.807, 2.05) is 0 Å². The van der Waals surface area contributed by atoms with Crippen molar-refractivity contribution in [2.24, 2.45) is 11.8 Å². The summed E-state index contributed by atoms with van der Waals surface area (Å²) in [6.45, 7) is 0. The normalized spacial score (nSPS) is 25.7. The van der Waals surface area contributed by atoms with Gasteiger partial charge in [-0.25, -0.2) is 0 Å². The number of carbonyl (C=O) groups is 1. The molecule has 0 radical (unpaired) electrons. The van der Waals surface area contributed by atoms with Crippen molar-refractivity contribution in [3.05, 3.63) is 35.7 Å². The number of halogens is 3. The van der Waals surface area contributed by atoms with Gasteiger partial charge < -0.3 is 9.73 Å². The first kappa shape index (κ1) is 18.0. The van der Waals surface area contributed by atoms with Gasteiger partial charge in [0.25, 0.3) is 0 Å². The maximum atomic E-state index is 12.7. The maximum absolute atomic E-state index is 12.7. The molecule has 3 atom stereocenters. The Labute approximate surface area is 154 Å². The van der Waals surface area contributed by atoms with Gasteiger partial charge in [0.2, 0.25) is 17.7 Å². The number of aromatic nitrogens is 2. The molecule has 27 heavy (non-hydrogen) atoms. The number of hydrogen-bond acceptors (Lipinski definition) is 4. The van der Waals surface area contributed by atoms with Crippen molar-refractivity contribution in [3.63, 3.8) is 0 Å². The second-order valence-electron chi connectivity index (χ2n) is 7.37. The summed E-state index contributed by atoms with van der Waals surface area (Å²) in [5.74, 6) is 0.807. The Bertz CT molecular complexity index is 816. The van der Waals surface area contributed by atoms with Crippen LogP contribution in [0, 0.1) is 11.8 Å². The van der Waals surface area contributed by atoms with Crippen molar-refractivity contribution in [1.82, 2.24) is 15.5 Å². The number of amides is 1. The molecule has 8 heteroatoms. The number of carbonyl (C=O) groups excluding carboxylic acids is 1. The number of nitrogens with one attached hydrogen (secondary N) is 1. The third-order valence-corrected chi connectivity index (χ3v) is 5.54. The molecule has 2 aromatic rings. The summed E-state index contributed by atoms with van der Waals surface area (Å²) in [7, 11) is 0. The summed E-state index contributed by atoms with van der Waals surface area (Å²) < 4.78 is 43.6. The minimum atomic E-state index is -4.39. The van der Waals surface area contributed by atoms with Gasteiger partial charge in [0.15, 0.2) is 0 Å². The predicted molar refractivity (Wildman–Crippen MR) is 90.4 cm³/mol. The summed E-state index contributed by atoms with van der Waals surface area (Å²) in [6.07, 6.45) is 1.31. The van der Waals surface area contributed by atoms with E-state index in [9.17, 15) is 18.0 Å². The van der Waals surface area contributed by atoms with Gasteiger partial charge in [0.1, 0.15) is 0 Å². The van der Waals surface area contributed by atoms with Crippen molar-refractivity contribution in [2.45, 2.75) is 50.7 Å². The monoisotopic (exact) mass is 379 g/mol. The van der Waals surface area contributed by atoms with Gasteiger partial charge in [0.05, 0.1) is 5.56 Å². The zero-order chi connectivity index (χ0) is 19.0. The molecular weight excluding hydrogens is 359 g/mol. The van der Waals surface area contributed by atoms with Crippen LogP contribution in [0.4, 0.5) is 13.2 Å². The Balaban J connectivity index is 1.44. The van der Waals surface area contributed by atoms with Crippen molar-refractivity contribution < 1.29 is 22.4 Å². The van der Waals surface area contributed by atoms with Crippen molar-refractivity contribution >= 4 is 5.91 Å². The first-order chi connectivity index (χ1) is 12.9. The predicted octanol–water partition coefficient (Wildman–Crippen LogP) is 3.99. The van der Waals surface area contributed by atoms with Crippen LogP contribution in [-0.2, 0) is 17.4 Å². The van der Waals surface area contributed by atoms with Crippen LogP contribution in [0.1, 0.15) is 43.6 Å². The van der Waals surface area contributed by atoms with Crippen LogP contribution in [0.15, 0.2) is 28.7 Å². The lowest BCUT2D eigenvalue weighted by Gasteiger charge is -2.39. The highest BCUT2D eigenvalue weighted by Crippen LogP contribution is 2.35. The highest BCUT2D eigenvalue weighted by Gasteiger charge is 2.37. The zero-order valence-electron chi connectivity index (χ0n) is 14.6. The van der Waals surface area contributed by atoms with Crippen LogP contribution in [0.25, 0.3) is 11.5 Å². The molecule has 2 aliphatic rings. The van der Waals surface area contributed by atoms with E-state index in [-0.39, 0.29) is 23.8 Å². The van der Waals surface area contributed by atoms with Crippen LogP contribution in [-0.4, -0.2) is 22.1 Å². The lowest BCUT2D eigenvalue weighted by Crippen LogP contribution is -2.51. The van der Waals surface area contributed by atoms with Gasteiger partial charge in [-0.05, 0) is 49.4 Å². The number of rotatable bonds is 3. The number of nitrogens with zero attached hydrogens (tertiary/aromatic N) is 2. The fourth-order valence-electron chi connectivity index (χ4n) is 4.09. The van der Waals surface area contributed by atoms with Crippen molar-refractivity contribution in [1.29, 1.82) is 0 Å². The molecule has 4 rings (SSSR count). The first-order valence-electron chi connectivity index (χ1n) is 9.20. The van der Waals surface area contributed by atoms with Gasteiger partial charge in [-0.15, -0.1) is 10.2 Å². The van der Waals surface area contributed by atoms with Crippen molar-refractivity contribution in [2.75, 3.05) is 0 Å². The minimum absolute atomic E-state index is 0.0208. The van der Waals surface area contributed by atoms with Crippen LogP contribution >= 0.6 is 0 Å². The van der Waals surface area contributed by atoms with E-state index in [0.29, 0.717) is 23.8 Å². The Kier molecular flexibility index (Phi) is 4.65. The SMILES string of the molecule is O=C1NC2CCCCC2CC1Cc1nnc(-c2ccc(C(F)(F)F)cc2)o1. The minimum Gasteiger partial charge on any atom is -0.421 e. The molecule has 0 spiro atoms. The van der Waals surface area contributed by atoms with E-state index < -0.39 is 11.7 Å². The second kappa shape index (κ2) is 6.98. The smallest absolute Gasteiger partial charge is 0.416 e. The van der Waals surface area contributed by atoms with Crippen LogP contribution in [0.5, 0.6) is 0 Å². The van der Waals surface area contributed by atoms with E-state index in [4.69, 9.17) is 4.42 Å². The fourth-order valence-corrected chi connectivity index (χ4v) is 4.09. The Hall–Kier alpha value is -2.38. The molecule has 0 bridgehead atoms. The molecule has 1 aromatic heterocycles. The molecule has 1 saturated heterocycles. The lowest BCUT2D eigenvalue weighted by molar-refractivity contribution is -0.137. The maximum Gasteiger partial charge on any atom is 0.416 e. The average molecular weight is 379 g/mol. The number of alkyl halides is 3. The fraction of sp³-hybridized carbons (Fsp3) is 0.526. The van der Waals surface area contributed by atoms with E-state index in [2.05, 4.69) is 15.5 Å². The molecule has 144 valence electrons. The quantitative estimate of drug-likeness (QED) is 0.876. The molecule has 1 aliphatic carbocycles. The van der Waals surface area contributed by atoms with Crippen molar-refractivity contribution in [3.8, 4) is 11.5 Å². The topological polar surface area (TPSA) is 68.0 Å². The number of hydrogen-bond donors (Lipinski definition) is 1. The number of piperidine rings is 1. The zero-order valence-corrected chi connectivity index (χ0v) is 14.6. The standard InChI is InChI=1S/C19H20F3N3O2/c20-19(21,22)14-7-5-11(6-8-14)18-25-24-16(27-18)10-13-9-12-3-1-2-4-15(12)23-17(13)26/h5-8,12-13,15H,1-4,9-10H2,(H,23,26). The molecule has 1 saturated carbocycles. The molecule has 1 N–H and O–H groups in total. The van der Waals surface area contributed by atoms with E-state index >= 15 is 0 Å². The average Bonchev–Trinajstić information content (AvgIpc) is 3.10. The highest BCUT2D eigenvalue weighted by atomic mass is 19.4. The largest absolute Gasteiger partial charge is 0.421 e. The van der Waals surface area contributed by atoms with Gasteiger partial charge in [-0.3, -0.25) is 4.79 Å². The molecule has 2 heterocycles. The molecule has 3 unspecified atom stereocenters. The Morgan fingerprint density at radius 3 is 2.59 bits per heavy atom. The molecule has 1 aromatic carbocycles. The van der Waals surface area contributed by atoms with Crippen LogP contribution in [0.3, 0.4) is 0 Å². The summed E-state index contributed by atoms with van der Waals surface area (Å²) in [5.41, 5.74) is -0.311. The van der Waals surface area contributed by atoms with Gasteiger partial charge in [-0.1, -0.05) is 12.8 Å². The highest BCUT2D eigenvalue weighted by molar-refractivity contribution is 5.80. The summed E-state index contributed by atoms with van der Waals surface area (Å²) in [5, 5.41) is 11.0. The molecule has 5 nitrogen and oxygen atoms in total. The second-order valence-corrected chi connectivity index (χ2v) is 7.37. The first-order valence-corrected chi connectivity index (χ1v) is 9.20. The Morgan fingerprint density at radius 2 is 1.85 bits per heavy atom. The van der Waals surface area contributed by atoms with E-state index in [0.717, 1.165) is 37.8 Å². The summed E-state index contributed by atoms with van der Waals surface area (Å²) in [6, 6.07) is 4.86. The Morgan fingerprint density at radius 1 is 1.11 bits per heavy atom. The van der Waals surface area contributed by atoms with Gasteiger partial charge in [-0.2, -0.15) is 13.2 Å². The third kappa shape index (κ3) is 3.84. The number of benzene rings is 1. The van der Waals surface area contributed by atoms with Crippen LogP contribution < -0.4 is 5.32 Å². The molecule has 2 fully saturated rings. The van der Waals surface area contributed by atoms with Gasteiger partial charge in [0, 0.05) is 23.9 Å². The molecule has 1 aliphatic heterocycles. The molecule has 1 amide bonds. The number of fused-ring (bicyclic) bond motifs is 1.